The molecule has 0 spiro atoms. The number of nitrogens with zero attached hydrogens (tertiary/aromatic N) is 4. The van der Waals surface area contributed by atoms with Crippen molar-refractivity contribution >= 4 is 34.3 Å². The Hall–Kier alpha value is -4.17. The second-order valence-corrected chi connectivity index (χ2v) is 12.0. The van der Waals surface area contributed by atoms with Crippen molar-refractivity contribution in [2.75, 3.05) is 25.5 Å². The maximum absolute atomic E-state index is 12.9. The summed E-state index contributed by atoms with van der Waals surface area (Å²) in [6, 6.07) is 15.8. The highest BCUT2D eigenvalue weighted by Crippen LogP contribution is 2.49. The van der Waals surface area contributed by atoms with E-state index in [0.717, 1.165) is 51.1 Å². The van der Waals surface area contributed by atoms with Crippen LogP contribution in [0.4, 0.5) is 11.5 Å². The second-order valence-electron chi connectivity index (χ2n) is 12.0. The minimum Gasteiger partial charge on any atom is -0.479 e. The van der Waals surface area contributed by atoms with Crippen molar-refractivity contribution in [3.05, 3.63) is 76.6 Å². The number of aliphatic carboxylic acids is 1. The molecule has 1 amide bonds. The van der Waals surface area contributed by atoms with Crippen LogP contribution in [-0.4, -0.2) is 57.7 Å². The average Bonchev–Trinajstić information content (AvgIpc) is 3.25. The lowest BCUT2D eigenvalue weighted by Crippen LogP contribution is -2.32. The molecule has 2 aromatic heterocycles. The third kappa shape index (κ3) is 5.08. The number of carboxylic acid groups (broad SMARTS) is 1. The van der Waals surface area contributed by atoms with E-state index in [1.165, 1.54) is 4.90 Å². The van der Waals surface area contributed by atoms with Gasteiger partial charge >= 0.3 is 5.97 Å². The van der Waals surface area contributed by atoms with Gasteiger partial charge in [0.25, 0.3) is 5.91 Å². The third-order valence-electron chi connectivity index (χ3n) is 7.58. The molecule has 3 heterocycles. The number of aryl methyl sites for hydroxylation is 2. The number of aromatic nitrogens is 2. The molecule has 0 fully saturated rings. The molecule has 8 heteroatoms. The molecule has 1 aliphatic heterocycles. The Bertz CT molecular complexity index is 1660. The number of anilines is 2. The van der Waals surface area contributed by atoms with Crippen LogP contribution in [0.1, 0.15) is 59.7 Å². The highest BCUT2D eigenvalue weighted by molar-refractivity contribution is 6.08. The van der Waals surface area contributed by atoms with Crippen LogP contribution in [0.15, 0.2) is 48.5 Å². The van der Waals surface area contributed by atoms with Crippen LogP contribution in [0.3, 0.4) is 0 Å². The lowest BCUT2D eigenvalue weighted by atomic mass is 9.87. The van der Waals surface area contributed by atoms with Crippen LogP contribution < -0.4 is 4.90 Å². The topological polar surface area (TPSA) is 87.9 Å². The Balaban J connectivity index is 1.86. The fraction of sp³-hybridized carbons (Fsp3) is 0.364. The normalized spacial score (nSPS) is 13.9. The van der Waals surface area contributed by atoms with E-state index in [1.54, 1.807) is 20.2 Å². The van der Waals surface area contributed by atoms with E-state index in [4.69, 9.17) is 9.72 Å². The molecule has 0 unspecified atom stereocenters. The Morgan fingerprint density at radius 3 is 2.32 bits per heavy atom. The first kappa shape index (κ1) is 28.4. The van der Waals surface area contributed by atoms with Gasteiger partial charge in [-0.3, -0.25) is 4.79 Å². The van der Waals surface area contributed by atoms with Crippen molar-refractivity contribution in [2.24, 2.45) is 0 Å². The molecule has 0 saturated carbocycles. The summed E-state index contributed by atoms with van der Waals surface area (Å²) < 4.78 is 8.58. The van der Waals surface area contributed by atoms with Crippen molar-refractivity contribution in [3.8, 4) is 11.1 Å². The van der Waals surface area contributed by atoms with Gasteiger partial charge in [0.1, 0.15) is 11.5 Å². The van der Waals surface area contributed by atoms with E-state index < -0.39 is 17.7 Å². The van der Waals surface area contributed by atoms with Gasteiger partial charge < -0.3 is 24.2 Å². The molecular formula is C33H38N4O4. The lowest BCUT2D eigenvalue weighted by Gasteiger charge is -2.35. The van der Waals surface area contributed by atoms with Crippen LogP contribution in [0.25, 0.3) is 22.0 Å². The number of pyridine rings is 1. The first-order valence-electron chi connectivity index (χ1n) is 13.9. The number of benzene rings is 2. The van der Waals surface area contributed by atoms with Gasteiger partial charge in [0, 0.05) is 43.8 Å². The van der Waals surface area contributed by atoms with E-state index in [-0.39, 0.29) is 5.91 Å². The van der Waals surface area contributed by atoms with Gasteiger partial charge in [-0.05, 0) is 76.4 Å². The summed E-state index contributed by atoms with van der Waals surface area (Å²) >= 11 is 0. The van der Waals surface area contributed by atoms with Gasteiger partial charge in [-0.25, -0.2) is 9.78 Å². The summed E-state index contributed by atoms with van der Waals surface area (Å²) in [6.45, 7) is 13.1. The van der Waals surface area contributed by atoms with E-state index in [0.29, 0.717) is 23.6 Å². The quantitative estimate of drug-likeness (QED) is 0.296. The van der Waals surface area contributed by atoms with Crippen LogP contribution in [-0.2, 0) is 16.1 Å². The minimum atomic E-state index is -1.20. The molecule has 41 heavy (non-hydrogen) atoms. The highest BCUT2D eigenvalue weighted by Gasteiger charge is 2.36. The maximum atomic E-state index is 12.9. The predicted octanol–water partition coefficient (Wildman–Crippen LogP) is 6.42. The Labute approximate surface area is 241 Å². The number of carbonyl (C=O) groups excluding carboxylic acids is 1. The molecule has 1 atom stereocenters. The summed E-state index contributed by atoms with van der Waals surface area (Å²) in [7, 11) is 3.41. The van der Waals surface area contributed by atoms with Gasteiger partial charge in [-0.15, -0.1) is 0 Å². The summed E-state index contributed by atoms with van der Waals surface area (Å²) in [5.74, 6) is -0.576. The molecule has 8 nitrogen and oxygen atoms in total. The first-order chi connectivity index (χ1) is 19.3. The lowest BCUT2D eigenvalue weighted by molar-refractivity contribution is -0.160. The minimum absolute atomic E-state index is 0.176. The summed E-state index contributed by atoms with van der Waals surface area (Å²) in [5.41, 5.74) is 7.04. The van der Waals surface area contributed by atoms with E-state index in [1.807, 2.05) is 58.9 Å². The van der Waals surface area contributed by atoms with Gasteiger partial charge in [-0.2, -0.15) is 0 Å². The largest absolute Gasteiger partial charge is 0.479 e. The van der Waals surface area contributed by atoms with Crippen LogP contribution >= 0.6 is 0 Å². The summed E-state index contributed by atoms with van der Waals surface area (Å²) in [4.78, 5) is 34.1. The zero-order chi connectivity index (χ0) is 29.8. The average molecular weight is 555 g/mol. The molecule has 0 aliphatic carbocycles. The molecule has 4 aromatic rings. The van der Waals surface area contributed by atoms with Crippen molar-refractivity contribution in [2.45, 2.75) is 59.8 Å². The second kappa shape index (κ2) is 10.3. The predicted molar refractivity (Wildman–Crippen MR) is 162 cm³/mol. The Morgan fingerprint density at radius 1 is 1.02 bits per heavy atom. The number of amides is 1. The highest BCUT2D eigenvalue weighted by atomic mass is 16.5. The Morgan fingerprint density at radius 2 is 1.71 bits per heavy atom. The van der Waals surface area contributed by atoms with Gasteiger partial charge in [0.15, 0.2) is 6.10 Å². The molecule has 0 bridgehead atoms. The van der Waals surface area contributed by atoms with Gasteiger partial charge in [0.05, 0.1) is 16.8 Å². The molecular weight excluding hydrogens is 516 g/mol. The van der Waals surface area contributed by atoms with E-state index >= 15 is 0 Å². The molecule has 0 radical (unpaired) electrons. The smallest absolute Gasteiger partial charge is 0.337 e. The van der Waals surface area contributed by atoms with Crippen LogP contribution in [0.5, 0.6) is 0 Å². The van der Waals surface area contributed by atoms with E-state index in [9.17, 15) is 14.7 Å². The SMILES string of the molecule is Cc1ccc(-c2c([C@H](OC(C)(C)C)C(=O)O)c(C)c3c4c2cc(C)n4CCN3c2cccc(C(=O)N(C)C)n2)cc1. The standard InChI is InChI=1S/C33H38N4O4/c1-19-12-14-22(15-13-19)27-23-18-20(2)36-16-17-37(25-11-9-10-24(34-25)31(38)35(7)8)28(29(23)36)21(3)26(27)30(32(39)40)41-33(4,5)6/h9-15,18,30H,16-17H2,1-8H3,(H,39,40)/t30-/m0/s1. The first-order valence-corrected chi connectivity index (χ1v) is 13.9. The molecule has 214 valence electrons. The zero-order valence-electron chi connectivity index (χ0n) is 25.1. The number of ether oxygens (including phenoxy) is 1. The maximum Gasteiger partial charge on any atom is 0.337 e. The summed E-state index contributed by atoms with van der Waals surface area (Å²) in [6.07, 6.45) is -1.20. The number of carboxylic acids is 1. The van der Waals surface area contributed by atoms with E-state index in [2.05, 4.69) is 34.6 Å². The molecule has 0 saturated heterocycles. The number of hydrogen-bond acceptors (Lipinski definition) is 5. The van der Waals surface area contributed by atoms with Crippen molar-refractivity contribution in [1.82, 2.24) is 14.5 Å². The van der Waals surface area contributed by atoms with Crippen LogP contribution in [0, 0.1) is 20.8 Å². The monoisotopic (exact) mass is 554 g/mol. The van der Waals surface area contributed by atoms with Crippen molar-refractivity contribution in [3.63, 3.8) is 0 Å². The number of hydrogen-bond donors (Lipinski definition) is 1. The van der Waals surface area contributed by atoms with Crippen LogP contribution in [0.2, 0.25) is 0 Å². The summed E-state index contributed by atoms with van der Waals surface area (Å²) in [5, 5.41) is 11.5. The number of rotatable bonds is 6. The van der Waals surface area contributed by atoms with Gasteiger partial charge in [-0.1, -0.05) is 35.9 Å². The van der Waals surface area contributed by atoms with Gasteiger partial charge in [0.2, 0.25) is 0 Å². The molecule has 1 N–H and O–H groups in total. The van der Waals surface area contributed by atoms with Crippen molar-refractivity contribution < 1.29 is 19.4 Å². The molecule has 2 aromatic carbocycles. The Kier molecular flexibility index (Phi) is 7.15. The van der Waals surface area contributed by atoms with Crippen molar-refractivity contribution in [1.29, 1.82) is 0 Å². The fourth-order valence-electron chi connectivity index (χ4n) is 5.79. The molecule has 1 aliphatic rings. The molecule has 5 rings (SSSR count). The fourth-order valence-corrected chi connectivity index (χ4v) is 5.79. The zero-order valence-corrected chi connectivity index (χ0v) is 25.1. The number of carbonyl (C=O) groups is 2. The third-order valence-corrected chi connectivity index (χ3v) is 7.58.